The van der Waals surface area contributed by atoms with Crippen molar-refractivity contribution in [2.45, 2.75) is 13.8 Å². The van der Waals surface area contributed by atoms with Gasteiger partial charge in [0.15, 0.2) is 0 Å². The van der Waals surface area contributed by atoms with Gasteiger partial charge in [-0.3, -0.25) is 14.0 Å². The van der Waals surface area contributed by atoms with Gasteiger partial charge in [0.05, 0.1) is 11.4 Å². The fraction of sp³-hybridized carbons (Fsp3) is 0.115. The minimum atomic E-state index is -0.248. The normalized spacial score (nSPS) is 10.8. The van der Waals surface area contributed by atoms with Gasteiger partial charge in [0.2, 0.25) is 5.88 Å². The minimum absolute atomic E-state index is 0.248. The first-order chi connectivity index (χ1) is 17.0. The summed E-state index contributed by atoms with van der Waals surface area (Å²) in [6.45, 7) is 3.92. The number of benzene rings is 2. The Morgan fingerprint density at radius 3 is 2.43 bits per heavy atom. The molecule has 3 aromatic heterocycles. The predicted octanol–water partition coefficient (Wildman–Crippen LogP) is 4.72. The Balaban J connectivity index is 1.27. The van der Waals surface area contributed by atoms with Crippen molar-refractivity contribution in [3.05, 3.63) is 96.5 Å². The fourth-order valence-corrected chi connectivity index (χ4v) is 3.60. The van der Waals surface area contributed by atoms with Crippen LogP contribution in [-0.2, 0) is 7.05 Å². The van der Waals surface area contributed by atoms with Gasteiger partial charge in [-0.05, 0) is 44.2 Å². The van der Waals surface area contributed by atoms with Crippen LogP contribution in [0.5, 0.6) is 11.6 Å². The Labute approximate surface area is 202 Å². The Morgan fingerprint density at radius 1 is 0.943 bits per heavy atom. The molecule has 174 valence electrons. The molecule has 0 bridgehead atoms. The van der Waals surface area contributed by atoms with Crippen molar-refractivity contribution in [3.63, 3.8) is 0 Å². The molecule has 0 spiro atoms. The van der Waals surface area contributed by atoms with E-state index in [0.29, 0.717) is 28.8 Å². The molecule has 35 heavy (non-hydrogen) atoms. The summed E-state index contributed by atoms with van der Waals surface area (Å²) in [6, 6.07) is 20.3. The second kappa shape index (κ2) is 9.22. The van der Waals surface area contributed by atoms with Crippen molar-refractivity contribution in [2.75, 3.05) is 5.32 Å². The van der Waals surface area contributed by atoms with Gasteiger partial charge in [0.25, 0.3) is 5.91 Å². The average Bonchev–Trinajstić information content (AvgIpc) is 3.43. The van der Waals surface area contributed by atoms with E-state index >= 15 is 0 Å². The number of amides is 1. The van der Waals surface area contributed by atoms with Gasteiger partial charge in [0.1, 0.15) is 29.9 Å². The average molecular weight is 466 g/mol. The molecule has 0 radical (unpaired) electrons. The summed E-state index contributed by atoms with van der Waals surface area (Å²) in [4.78, 5) is 25.6. The number of rotatable bonds is 6. The van der Waals surface area contributed by atoms with Gasteiger partial charge in [0, 0.05) is 30.1 Å². The lowest BCUT2D eigenvalue weighted by molar-refractivity contribution is 0.101. The molecule has 0 fully saturated rings. The van der Waals surface area contributed by atoms with Crippen molar-refractivity contribution in [1.82, 2.24) is 29.3 Å². The van der Waals surface area contributed by atoms with Crippen molar-refractivity contribution < 1.29 is 9.53 Å². The van der Waals surface area contributed by atoms with Crippen molar-refractivity contribution in [2.24, 2.45) is 7.05 Å². The van der Waals surface area contributed by atoms with Gasteiger partial charge in [-0.2, -0.15) is 5.10 Å². The van der Waals surface area contributed by atoms with E-state index in [-0.39, 0.29) is 5.91 Å². The Morgan fingerprint density at radius 2 is 1.71 bits per heavy atom. The van der Waals surface area contributed by atoms with Crippen LogP contribution >= 0.6 is 0 Å². The van der Waals surface area contributed by atoms with E-state index in [4.69, 9.17) is 4.74 Å². The van der Waals surface area contributed by atoms with Gasteiger partial charge in [-0.15, -0.1) is 0 Å². The molecule has 5 aromatic rings. The van der Waals surface area contributed by atoms with Gasteiger partial charge >= 0.3 is 0 Å². The first-order valence-electron chi connectivity index (χ1n) is 11.0. The van der Waals surface area contributed by atoms with E-state index in [1.165, 1.54) is 6.33 Å². The highest BCUT2D eigenvalue weighted by molar-refractivity contribution is 6.03. The molecular formula is C26H23N7O2. The number of aryl methyl sites for hydroxylation is 2. The van der Waals surface area contributed by atoms with Crippen LogP contribution in [0.15, 0.2) is 79.4 Å². The standard InChI is InChI=1S/C26H23N7O2/c1-17-18(2)33(16-29-17)24-14-25(28-15-27-24)35-21-11-9-20(10-12-21)30-26(34)23-13-22(31-32(23)3)19-7-5-4-6-8-19/h4-16H,1-3H3,(H,30,34). The first kappa shape index (κ1) is 22.0. The molecule has 9 heteroatoms. The van der Waals surface area contributed by atoms with Crippen LogP contribution in [0, 0.1) is 13.8 Å². The second-order valence-corrected chi connectivity index (χ2v) is 7.98. The van der Waals surface area contributed by atoms with Crippen LogP contribution in [-0.4, -0.2) is 35.2 Å². The van der Waals surface area contributed by atoms with Crippen LogP contribution < -0.4 is 10.1 Å². The highest BCUT2D eigenvalue weighted by Crippen LogP contribution is 2.24. The summed E-state index contributed by atoms with van der Waals surface area (Å²) in [7, 11) is 1.75. The molecule has 5 rings (SSSR count). The minimum Gasteiger partial charge on any atom is -0.439 e. The maximum atomic E-state index is 12.8. The largest absolute Gasteiger partial charge is 0.439 e. The molecule has 1 amide bonds. The molecule has 9 nitrogen and oxygen atoms in total. The lowest BCUT2D eigenvalue weighted by atomic mass is 10.1. The number of imidazole rings is 1. The number of hydrogen-bond acceptors (Lipinski definition) is 6. The van der Waals surface area contributed by atoms with E-state index in [2.05, 4.69) is 25.4 Å². The molecule has 0 saturated heterocycles. The van der Waals surface area contributed by atoms with Gasteiger partial charge < -0.3 is 10.1 Å². The van der Waals surface area contributed by atoms with Crippen molar-refractivity contribution >= 4 is 11.6 Å². The van der Waals surface area contributed by atoms with Crippen LogP contribution in [0.1, 0.15) is 21.9 Å². The number of carbonyl (C=O) groups is 1. The number of anilines is 1. The number of aromatic nitrogens is 6. The summed E-state index contributed by atoms with van der Waals surface area (Å²) < 4.78 is 9.35. The Bertz CT molecular complexity index is 1490. The molecule has 0 unspecified atom stereocenters. The number of ether oxygens (including phenoxy) is 1. The summed E-state index contributed by atoms with van der Waals surface area (Å²) in [6.07, 6.45) is 3.17. The smallest absolute Gasteiger partial charge is 0.273 e. The molecule has 3 heterocycles. The third kappa shape index (κ3) is 4.65. The van der Waals surface area contributed by atoms with Crippen molar-refractivity contribution in [3.8, 4) is 28.7 Å². The highest BCUT2D eigenvalue weighted by atomic mass is 16.5. The number of carbonyl (C=O) groups excluding carboxylic acids is 1. The molecule has 2 aromatic carbocycles. The monoisotopic (exact) mass is 465 g/mol. The van der Waals surface area contributed by atoms with E-state index in [1.54, 1.807) is 54.5 Å². The van der Waals surface area contributed by atoms with E-state index in [0.717, 1.165) is 22.6 Å². The zero-order valence-corrected chi connectivity index (χ0v) is 19.5. The summed E-state index contributed by atoms with van der Waals surface area (Å²) in [5.41, 5.74) is 4.73. The summed E-state index contributed by atoms with van der Waals surface area (Å²) in [5, 5.41) is 7.36. The molecular weight excluding hydrogens is 442 g/mol. The summed E-state index contributed by atoms with van der Waals surface area (Å²) >= 11 is 0. The maximum absolute atomic E-state index is 12.8. The Kier molecular flexibility index (Phi) is 5.80. The Hall–Kier alpha value is -4.79. The SMILES string of the molecule is Cc1ncn(-c2cc(Oc3ccc(NC(=O)c4cc(-c5ccccc5)nn4C)cc3)ncn2)c1C. The third-order valence-electron chi connectivity index (χ3n) is 5.64. The number of nitrogens with one attached hydrogen (secondary N) is 1. The van der Waals surface area contributed by atoms with Gasteiger partial charge in [-0.25, -0.2) is 15.0 Å². The molecule has 0 aliphatic heterocycles. The molecule has 0 saturated carbocycles. The van der Waals surface area contributed by atoms with Gasteiger partial charge in [-0.1, -0.05) is 30.3 Å². The van der Waals surface area contributed by atoms with Crippen LogP contribution in [0.3, 0.4) is 0 Å². The third-order valence-corrected chi connectivity index (χ3v) is 5.64. The quantitative estimate of drug-likeness (QED) is 0.389. The maximum Gasteiger partial charge on any atom is 0.273 e. The lowest BCUT2D eigenvalue weighted by Crippen LogP contribution is -2.15. The highest BCUT2D eigenvalue weighted by Gasteiger charge is 2.15. The fourth-order valence-electron chi connectivity index (χ4n) is 3.60. The van der Waals surface area contributed by atoms with Crippen LogP contribution in [0.2, 0.25) is 0 Å². The van der Waals surface area contributed by atoms with E-state index in [1.807, 2.05) is 48.7 Å². The zero-order chi connectivity index (χ0) is 24.4. The van der Waals surface area contributed by atoms with Crippen LogP contribution in [0.4, 0.5) is 5.69 Å². The van der Waals surface area contributed by atoms with Crippen LogP contribution in [0.25, 0.3) is 17.1 Å². The number of nitrogens with zero attached hydrogens (tertiary/aromatic N) is 6. The molecule has 0 aliphatic carbocycles. The lowest BCUT2D eigenvalue weighted by Gasteiger charge is -2.09. The summed E-state index contributed by atoms with van der Waals surface area (Å²) in [5.74, 6) is 1.41. The predicted molar refractivity (Wildman–Crippen MR) is 132 cm³/mol. The van der Waals surface area contributed by atoms with E-state index in [9.17, 15) is 4.79 Å². The van der Waals surface area contributed by atoms with E-state index < -0.39 is 0 Å². The zero-order valence-electron chi connectivity index (χ0n) is 19.5. The first-order valence-corrected chi connectivity index (χ1v) is 11.0. The van der Waals surface area contributed by atoms with Crippen molar-refractivity contribution in [1.29, 1.82) is 0 Å². The molecule has 0 aliphatic rings. The number of hydrogen-bond donors (Lipinski definition) is 1. The topological polar surface area (TPSA) is 99.8 Å². The molecule has 1 N–H and O–H groups in total. The second-order valence-electron chi connectivity index (χ2n) is 7.98. The molecule has 0 atom stereocenters.